The molecule has 0 radical (unpaired) electrons. The fraction of sp³-hybridized carbons (Fsp3) is 0.556. The monoisotopic (exact) mass is 585 g/mol. The maximum absolute atomic E-state index is 14.7. The zero-order valence-corrected chi connectivity index (χ0v) is 23.2. The van der Waals surface area contributed by atoms with Crippen LogP contribution in [0.4, 0.5) is 29.1 Å². The molecular formula is C27H35F4N5O3S. The first-order valence-electron chi connectivity index (χ1n) is 13.4. The summed E-state index contributed by atoms with van der Waals surface area (Å²) >= 11 is -2.44. The maximum atomic E-state index is 14.7. The van der Waals surface area contributed by atoms with E-state index < -0.39 is 40.8 Å². The molecule has 1 aromatic carbocycles. The van der Waals surface area contributed by atoms with Gasteiger partial charge >= 0.3 is 6.18 Å². The van der Waals surface area contributed by atoms with Crippen LogP contribution in [-0.2, 0) is 28.7 Å². The van der Waals surface area contributed by atoms with Crippen LogP contribution in [0.1, 0.15) is 61.3 Å². The molecule has 2 aromatic rings. The lowest BCUT2D eigenvalue weighted by Crippen LogP contribution is -2.51. The molecule has 2 heterocycles. The van der Waals surface area contributed by atoms with E-state index in [1.807, 2.05) is 4.90 Å². The highest BCUT2D eigenvalue weighted by Gasteiger charge is 2.34. The number of primary amides is 1. The van der Waals surface area contributed by atoms with Crippen molar-refractivity contribution in [3.63, 3.8) is 0 Å². The van der Waals surface area contributed by atoms with E-state index in [0.717, 1.165) is 42.4 Å². The Balaban J connectivity index is 1.53. The average molecular weight is 586 g/mol. The molecule has 1 aromatic heterocycles. The lowest BCUT2D eigenvalue weighted by molar-refractivity contribution is -0.141. The van der Waals surface area contributed by atoms with Crippen molar-refractivity contribution in [2.75, 3.05) is 42.4 Å². The molecule has 4 rings (SSSR count). The Bertz CT molecular complexity index is 1220. The number of hydrogen-bond donors (Lipinski definition) is 2. The Labute approximate surface area is 233 Å². The van der Waals surface area contributed by atoms with Crippen molar-refractivity contribution in [1.29, 1.82) is 0 Å². The molecule has 1 saturated heterocycles. The van der Waals surface area contributed by atoms with Gasteiger partial charge in [0.25, 0.3) is 11.3 Å². The van der Waals surface area contributed by atoms with Crippen LogP contribution >= 0.6 is 0 Å². The number of anilines is 2. The van der Waals surface area contributed by atoms with Gasteiger partial charge in [0.15, 0.2) is 0 Å². The summed E-state index contributed by atoms with van der Waals surface area (Å²) in [6.07, 6.45) is 1.67. The summed E-state index contributed by atoms with van der Waals surface area (Å²) in [5.41, 5.74) is 5.36. The van der Waals surface area contributed by atoms with E-state index in [9.17, 15) is 31.1 Å². The smallest absolute Gasteiger partial charge is 0.369 e. The third-order valence-corrected chi connectivity index (χ3v) is 8.61. The molecule has 2 unspecified atom stereocenters. The number of pyridine rings is 1. The molecule has 220 valence electrons. The number of nitrogens with two attached hydrogens (primary N) is 1. The second-order valence-electron chi connectivity index (χ2n) is 10.4. The normalized spacial score (nSPS) is 18.9. The number of carbonyl (C=O) groups is 1. The average Bonchev–Trinajstić information content (AvgIpc) is 2.93. The molecule has 0 spiro atoms. The molecule has 2 atom stereocenters. The van der Waals surface area contributed by atoms with Crippen LogP contribution in [0.25, 0.3) is 0 Å². The van der Waals surface area contributed by atoms with Gasteiger partial charge in [0.05, 0.1) is 11.6 Å². The van der Waals surface area contributed by atoms with Gasteiger partial charge in [0.2, 0.25) is 5.91 Å². The Hall–Kier alpha value is -2.77. The zero-order valence-electron chi connectivity index (χ0n) is 22.4. The Morgan fingerprint density at radius 3 is 2.40 bits per heavy atom. The molecule has 13 heteroatoms. The largest absolute Gasteiger partial charge is 0.433 e. The van der Waals surface area contributed by atoms with Crippen molar-refractivity contribution in [3.05, 3.63) is 53.0 Å². The summed E-state index contributed by atoms with van der Waals surface area (Å²) in [5.74, 6) is -2.20. The molecule has 1 saturated carbocycles. The number of halogens is 4. The molecule has 8 nitrogen and oxygen atoms in total. The summed E-state index contributed by atoms with van der Waals surface area (Å²) in [6, 6.07) is 6.68. The zero-order chi connectivity index (χ0) is 29.0. The van der Waals surface area contributed by atoms with Crippen LogP contribution in [0.3, 0.4) is 0 Å². The molecule has 1 aliphatic heterocycles. The number of aryl methyl sites for hydroxylation is 1. The van der Waals surface area contributed by atoms with Crippen LogP contribution in [0.2, 0.25) is 0 Å². The standard InChI is InChI=1S/C27H35F4N5O3S/c1-34(40(38)39)23-11-8-19(17-22(23)28)21(25(32)37)10-7-18-9-12-24(27(29,30)31)33-26(18)36-15-13-35(14-16-36)20-5-3-2-4-6-20/h8-9,11-12,17,20-21H,2-7,10,13-16H2,1H3,(H2,32,37)(H,38,39). The van der Waals surface area contributed by atoms with Crippen LogP contribution in [-0.4, -0.2) is 63.8 Å². The number of nitrogens with zero attached hydrogens (tertiary/aromatic N) is 4. The SMILES string of the molecule is CN(c1ccc(C(CCc2ccc(C(F)(F)F)nc2N2CCN(C3CCCCC3)CC2)C(N)=O)cc1F)S(=O)O. The minimum atomic E-state index is -4.60. The molecule has 3 N–H and O–H groups in total. The van der Waals surface area contributed by atoms with E-state index >= 15 is 0 Å². The van der Waals surface area contributed by atoms with Crippen LogP contribution in [0.15, 0.2) is 30.3 Å². The van der Waals surface area contributed by atoms with Gasteiger partial charge in [-0.25, -0.2) is 13.6 Å². The number of hydrogen-bond acceptors (Lipinski definition) is 5. The molecule has 40 heavy (non-hydrogen) atoms. The lowest BCUT2D eigenvalue weighted by atomic mass is 9.91. The molecule has 2 aliphatic rings. The third kappa shape index (κ3) is 7.10. The van der Waals surface area contributed by atoms with Gasteiger partial charge in [-0.15, -0.1) is 0 Å². The lowest BCUT2D eigenvalue weighted by Gasteiger charge is -2.41. The summed E-state index contributed by atoms with van der Waals surface area (Å²) in [7, 11) is 1.24. The number of amides is 1. The highest BCUT2D eigenvalue weighted by molar-refractivity contribution is 7.80. The molecule has 2 fully saturated rings. The van der Waals surface area contributed by atoms with Crippen molar-refractivity contribution in [2.45, 2.75) is 63.1 Å². The predicted octanol–water partition coefficient (Wildman–Crippen LogP) is 4.47. The number of carbonyl (C=O) groups excluding carboxylic acids is 1. The Morgan fingerprint density at radius 2 is 1.82 bits per heavy atom. The van der Waals surface area contributed by atoms with Crippen LogP contribution in [0.5, 0.6) is 0 Å². The van der Waals surface area contributed by atoms with Gasteiger partial charge in [0, 0.05) is 39.3 Å². The van der Waals surface area contributed by atoms with E-state index in [2.05, 4.69) is 9.88 Å². The van der Waals surface area contributed by atoms with E-state index in [-0.39, 0.29) is 29.9 Å². The minimum absolute atomic E-state index is 0.123. The number of benzene rings is 1. The number of rotatable bonds is 9. The summed E-state index contributed by atoms with van der Waals surface area (Å²) in [4.78, 5) is 20.7. The second-order valence-corrected chi connectivity index (χ2v) is 11.4. The third-order valence-electron chi connectivity index (χ3n) is 7.94. The first-order valence-corrected chi connectivity index (χ1v) is 14.5. The minimum Gasteiger partial charge on any atom is -0.369 e. The predicted molar refractivity (Wildman–Crippen MR) is 146 cm³/mol. The molecule has 0 bridgehead atoms. The topological polar surface area (TPSA) is 103 Å². The maximum Gasteiger partial charge on any atom is 0.433 e. The fourth-order valence-corrected chi connectivity index (χ4v) is 6.02. The highest BCUT2D eigenvalue weighted by atomic mass is 32.2. The van der Waals surface area contributed by atoms with E-state index in [1.165, 1.54) is 44.5 Å². The summed E-state index contributed by atoms with van der Waals surface area (Å²) < 4.78 is 76.8. The Morgan fingerprint density at radius 1 is 1.15 bits per heavy atom. The van der Waals surface area contributed by atoms with Gasteiger partial charge in [-0.05, 0) is 55.0 Å². The molecule has 1 aliphatic carbocycles. The van der Waals surface area contributed by atoms with Crippen LogP contribution in [0, 0.1) is 5.82 Å². The van der Waals surface area contributed by atoms with Gasteiger partial charge in [-0.2, -0.15) is 13.2 Å². The van der Waals surface area contributed by atoms with Crippen molar-refractivity contribution in [1.82, 2.24) is 9.88 Å². The number of aromatic nitrogens is 1. The van der Waals surface area contributed by atoms with Crippen molar-refractivity contribution >= 4 is 28.7 Å². The van der Waals surface area contributed by atoms with Crippen molar-refractivity contribution in [2.24, 2.45) is 5.73 Å². The van der Waals surface area contributed by atoms with E-state index in [1.54, 1.807) is 0 Å². The number of piperazine rings is 1. The molecular weight excluding hydrogens is 550 g/mol. The van der Waals surface area contributed by atoms with Crippen molar-refractivity contribution in [3.8, 4) is 0 Å². The number of alkyl halides is 3. The Kier molecular flexibility index (Phi) is 9.68. The fourth-order valence-electron chi connectivity index (χ4n) is 5.70. The van der Waals surface area contributed by atoms with E-state index in [4.69, 9.17) is 5.73 Å². The summed E-state index contributed by atoms with van der Waals surface area (Å²) in [6.45, 7) is 2.57. The summed E-state index contributed by atoms with van der Waals surface area (Å²) in [5, 5.41) is 0. The quantitative estimate of drug-likeness (QED) is 0.333. The van der Waals surface area contributed by atoms with Gasteiger partial charge in [-0.1, -0.05) is 31.4 Å². The second kappa shape index (κ2) is 12.8. The van der Waals surface area contributed by atoms with Gasteiger partial charge < -0.3 is 10.6 Å². The van der Waals surface area contributed by atoms with Crippen LogP contribution < -0.4 is 14.9 Å². The highest BCUT2D eigenvalue weighted by Crippen LogP contribution is 2.34. The molecule has 1 amide bonds. The van der Waals surface area contributed by atoms with Crippen molar-refractivity contribution < 1.29 is 31.1 Å². The first-order chi connectivity index (χ1) is 19.0. The first kappa shape index (κ1) is 30.2. The van der Waals surface area contributed by atoms with Gasteiger partial charge in [-0.3, -0.25) is 18.6 Å². The van der Waals surface area contributed by atoms with Gasteiger partial charge in [0.1, 0.15) is 17.3 Å². The van der Waals surface area contributed by atoms with E-state index in [0.29, 0.717) is 24.7 Å².